The largest absolute Gasteiger partial charge is 0.467 e. The average molecular weight is 250 g/mol. The SMILES string of the molecule is CCC(NC(=O)c1ccc(CN)cc1)C(=O)OC. The molecule has 0 aromatic heterocycles. The molecule has 0 aliphatic carbocycles. The third kappa shape index (κ3) is 3.56. The first-order valence-electron chi connectivity index (χ1n) is 5.80. The first kappa shape index (κ1) is 14.2. The number of methoxy groups -OCH3 is 1. The van der Waals surface area contributed by atoms with Crippen LogP contribution in [0.2, 0.25) is 0 Å². The highest BCUT2D eigenvalue weighted by molar-refractivity contribution is 5.96. The van der Waals surface area contributed by atoms with Gasteiger partial charge >= 0.3 is 5.97 Å². The zero-order chi connectivity index (χ0) is 13.5. The maximum absolute atomic E-state index is 11.9. The number of benzene rings is 1. The first-order chi connectivity index (χ1) is 8.62. The van der Waals surface area contributed by atoms with Gasteiger partial charge in [0.05, 0.1) is 7.11 Å². The summed E-state index contributed by atoms with van der Waals surface area (Å²) in [5.74, 6) is -0.736. The van der Waals surface area contributed by atoms with E-state index in [1.807, 2.05) is 0 Å². The van der Waals surface area contributed by atoms with Gasteiger partial charge in [0.1, 0.15) is 6.04 Å². The van der Waals surface area contributed by atoms with E-state index in [-0.39, 0.29) is 5.91 Å². The maximum Gasteiger partial charge on any atom is 0.328 e. The van der Waals surface area contributed by atoms with Gasteiger partial charge in [-0.05, 0) is 24.1 Å². The molecule has 18 heavy (non-hydrogen) atoms. The van der Waals surface area contributed by atoms with Crippen molar-refractivity contribution in [3.05, 3.63) is 35.4 Å². The Morgan fingerprint density at radius 3 is 2.39 bits per heavy atom. The van der Waals surface area contributed by atoms with E-state index in [1.54, 1.807) is 31.2 Å². The van der Waals surface area contributed by atoms with E-state index in [1.165, 1.54) is 7.11 Å². The first-order valence-corrected chi connectivity index (χ1v) is 5.80. The molecule has 98 valence electrons. The summed E-state index contributed by atoms with van der Waals surface area (Å²) in [5, 5.41) is 2.63. The van der Waals surface area contributed by atoms with Gasteiger partial charge in [-0.3, -0.25) is 4.79 Å². The molecule has 0 spiro atoms. The Kier molecular flexibility index (Phi) is 5.32. The van der Waals surface area contributed by atoms with Gasteiger partial charge < -0.3 is 15.8 Å². The third-order valence-corrected chi connectivity index (χ3v) is 2.65. The Labute approximate surface area is 106 Å². The predicted octanol–water partition coefficient (Wildman–Crippen LogP) is 0.827. The molecular formula is C13H18N2O3. The predicted molar refractivity (Wildman–Crippen MR) is 67.9 cm³/mol. The molecule has 5 heteroatoms. The van der Waals surface area contributed by atoms with Crippen LogP contribution in [0, 0.1) is 0 Å². The molecule has 0 aliphatic rings. The highest BCUT2D eigenvalue weighted by Gasteiger charge is 2.19. The Bertz CT molecular complexity index is 415. The molecular weight excluding hydrogens is 232 g/mol. The van der Waals surface area contributed by atoms with Gasteiger partial charge in [-0.1, -0.05) is 19.1 Å². The van der Waals surface area contributed by atoms with Gasteiger partial charge in [-0.25, -0.2) is 4.79 Å². The zero-order valence-corrected chi connectivity index (χ0v) is 10.6. The van der Waals surface area contributed by atoms with Crippen LogP contribution in [0.15, 0.2) is 24.3 Å². The fourth-order valence-electron chi connectivity index (χ4n) is 1.50. The number of rotatable bonds is 5. The monoisotopic (exact) mass is 250 g/mol. The average Bonchev–Trinajstić information content (AvgIpc) is 2.43. The second kappa shape index (κ2) is 6.76. The second-order valence-corrected chi connectivity index (χ2v) is 3.86. The van der Waals surface area contributed by atoms with Crippen molar-refractivity contribution in [3.63, 3.8) is 0 Å². The Balaban J connectivity index is 2.71. The summed E-state index contributed by atoms with van der Waals surface area (Å²) < 4.78 is 4.61. The number of hydrogen-bond acceptors (Lipinski definition) is 4. The van der Waals surface area contributed by atoms with Crippen molar-refractivity contribution in [1.82, 2.24) is 5.32 Å². The van der Waals surface area contributed by atoms with Crippen LogP contribution < -0.4 is 11.1 Å². The van der Waals surface area contributed by atoms with E-state index < -0.39 is 12.0 Å². The Morgan fingerprint density at radius 1 is 1.33 bits per heavy atom. The highest BCUT2D eigenvalue weighted by Crippen LogP contribution is 2.05. The van der Waals surface area contributed by atoms with Crippen LogP contribution in [0.5, 0.6) is 0 Å². The zero-order valence-electron chi connectivity index (χ0n) is 10.6. The summed E-state index contributed by atoms with van der Waals surface area (Å²) in [4.78, 5) is 23.2. The molecule has 0 aliphatic heterocycles. The van der Waals surface area contributed by atoms with Gasteiger partial charge in [0.2, 0.25) is 0 Å². The quantitative estimate of drug-likeness (QED) is 0.758. The van der Waals surface area contributed by atoms with Gasteiger partial charge in [0.15, 0.2) is 0 Å². The van der Waals surface area contributed by atoms with Crippen LogP contribution >= 0.6 is 0 Å². The van der Waals surface area contributed by atoms with Crippen LogP contribution in [-0.2, 0) is 16.1 Å². The van der Waals surface area contributed by atoms with E-state index in [4.69, 9.17) is 5.73 Å². The van der Waals surface area contributed by atoms with E-state index in [9.17, 15) is 9.59 Å². The molecule has 1 aromatic rings. The standard InChI is InChI=1S/C13H18N2O3/c1-3-11(13(17)18-2)15-12(16)10-6-4-9(8-14)5-7-10/h4-7,11H,3,8,14H2,1-2H3,(H,15,16). The lowest BCUT2D eigenvalue weighted by molar-refractivity contribution is -0.142. The van der Waals surface area contributed by atoms with Crippen molar-refractivity contribution in [2.75, 3.05) is 7.11 Å². The maximum atomic E-state index is 11.9. The number of amides is 1. The summed E-state index contributed by atoms with van der Waals surface area (Å²) in [6, 6.07) is 6.32. The summed E-state index contributed by atoms with van der Waals surface area (Å²) in [6.07, 6.45) is 0.485. The van der Waals surface area contributed by atoms with E-state index in [0.717, 1.165) is 5.56 Å². The minimum atomic E-state index is -0.614. The van der Waals surface area contributed by atoms with Gasteiger partial charge in [0.25, 0.3) is 5.91 Å². The van der Waals surface area contributed by atoms with Crippen LogP contribution in [0.4, 0.5) is 0 Å². The summed E-state index contributed by atoms with van der Waals surface area (Å²) in [6.45, 7) is 2.24. The fourth-order valence-corrected chi connectivity index (χ4v) is 1.50. The molecule has 0 heterocycles. The van der Waals surface area contributed by atoms with Crippen LogP contribution in [0.25, 0.3) is 0 Å². The van der Waals surface area contributed by atoms with E-state index in [0.29, 0.717) is 18.5 Å². The van der Waals surface area contributed by atoms with Crippen molar-refractivity contribution in [1.29, 1.82) is 0 Å². The Morgan fingerprint density at radius 2 is 1.94 bits per heavy atom. The lowest BCUT2D eigenvalue weighted by Crippen LogP contribution is -2.41. The lowest BCUT2D eigenvalue weighted by Gasteiger charge is -2.14. The Hall–Kier alpha value is -1.88. The number of ether oxygens (including phenoxy) is 1. The van der Waals surface area contributed by atoms with Gasteiger partial charge in [0, 0.05) is 12.1 Å². The molecule has 1 rings (SSSR count). The lowest BCUT2D eigenvalue weighted by atomic mass is 10.1. The van der Waals surface area contributed by atoms with Crippen LogP contribution in [-0.4, -0.2) is 25.0 Å². The second-order valence-electron chi connectivity index (χ2n) is 3.86. The van der Waals surface area contributed by atoms with Gasteiger partial charge in [-0.2, -0.15) is 0 Å². The molecule has 1 unspecified atom stereocenters. The van der Waals surface area contributed by atoms with E-state index >= 15 is 0 Å². The number of nitrogens with two attached hydrogens (primary N) is 1. The molecule has 5 nitrogen and oxygen atoms in total. The van der Waals surface area contributed by atoms with E-state index in [2.05, 4.69) is 10.1 Å². The van der Waals surface area contributed by atoms with Crippen LogP contribution in [0.1, 0.15) is 29.3 Å². The van der Waals surface area contributed by atoms with Gasteiger partial charge in [-0.15, -0.1) is 0 Å². The summed E-state index contributed by atoms with van der Waals surface area (Å²) in [5.41, 5.74) is 6.92. The number of carbonyl (C=O) groups is 2. The van der Waals surface area contributed by atoms with Crippen LogP contribution in [0.3, 0.4) is 0 Å². The number of esters is 1. The van der Waals surface area contributed by atoms with Crippen molar-refractivity contribution >= 4 is 11.9 Å². The highest BCUT2D eigenvalue weighted by atomic mass is 16.5. The van der Waals surface area contributed by atoms with Crippen molar-refractivity contribution in [3.8, 4) is 0 Å². The smallest absolute Gasteiger partial charge is 0.328 e. The molecule has 1 atom stereocenters. The molecule has 0 radical (unpaired) electrons. The summed E-state index contributed by atoms with van der Waals surface area (Å²) in [7, 11) is 1.30. The topological polar surface area (TPSA) is 81.4 Å². The van der Waals surface area contributed by atoms with Crippen molar-refractivity contribution in [2.24, 2.45) is 5.73 Å². The number of hydrogen-bond donors (Lipinski definition) is 2. The fraction of sp³-hybridized carbons (Fsp3) is 0.385. The number of nitrogens with one attached hydrogen (secondary N) is 1. The summed E-state index contributed by atoms with van der Waals surface area (Å²) >= 11 is 0. The molecule has 0 fully saturated rings. The molecule has 1 aromatic carbocycles. The molecule has 0 bridgehead atoms. The van der Waals surface area contributed by atoms with Crippen molar-refractivity contribution in [2.45, 2.75) is 25.9 Å². The molecule has 0 saturated heterocycles. The molecule has 0 saturated carbocycles. The molecule has 1 amide bonds. The minimum absolute atomic E-state index is 0.296. The van der Waals surface area contributed by atoms with Crippen molar-refractivity contribution < 1.29 is 14.3 Å². The third-order valence-electron chi connectivity index (χ3n) is 2.65. The minimum Gasteiger partial charge on any atom is -0.467 e. The number of carbonyl (C=O) groups excluding carboxylic acids is 2. The normalized spacial score (nSPS) is 11.7. The molecule has 3 N–H and O–H groups in total.